The number of ether oxygens (including phenoxy) is 1. The Bertz CT molecular complexity index is 1850. The monoisotopic (exact) mass is 658 g/mol. The Hall–Kier alpha value is -4.55. The molecule has 234 valence electrons. The number of para-hydroxylation sites is 1. The van der Waals surface area contributed by atoms with Gasteiger partial charge in [0.25, 0.3) is 10.0 Å². The Kier molecular flexibility index (Phi) is 9.08. The summed E-state index contributed by atoms with van der Waals surface area (Å²) in [5.74, 6) is -1.26. The van der Waals surface area contributed by atoms with E-state index in [0.29, 0.717) is 28.1 Å². The first kappa shape index (κ1) is 31.9. The summed E-state index contributed by atoms with van der Waals surface area (Å²) in [6, 6.07) is 20.4. The van der Waals surface area contributed by atoms with Crippen LogP contribution in [0.4, 0.5) is 18.9 Å². The van der Waals surface area contributed by atoms with Crippen molar-refractivity contribution >= 4 is 39.2 Å². The van der Waals surface area contributed by atoms with Crippen LogP contribution in [0.5, 0.6) is 5.75 Å². The number of nitrogens with one attached hydrogen (secondary N) is 1. The molecule has 0 saturated heterocycles. The van der Waals surface area contributed by atoms with Gasteiger partial charge in [-0.2, -0.15) is 13.2 Å². The third-order valence-corrected chi connectivity index (χ3v) is 9.31. The highest BCUT2D eigenvalue weighted by atomic mass is 35.5. The van der Waals surface area contributed by atoms with Crippen molar-refractivity contribution in [3.63, 3.8) is 0 Å². The average molecular weight is 659 g/mol. The molecule has 1 heterocycles. The molecule has 13 heteroatoms. The van der Waals surface area contributed by atoms with Gasteiger partial charge in [-0.3, -0.25) is 13.9 Å². The number of fused-ring (bicyclic) bond motifs is 1. The molecular formula is C32H26ClF3N2O6S. The molecule has 1 aliphatic rings. The quantitative estimate of drug-likeness (QED) is 0.203. The van der Waals surface area contributed by atoms with E-state index in [0.717, 1.165) is 16.4 Å². The van der Waals surface area contributed by atoms with Gasteiger partial charge >= 0.3 is 12.1 Å². The molecule has 1 atom stereocenters. The minimum absolute atomic E-state index is 0.00710. The van der Waals surface area contributed by atoms with Crippen molar-refractivity contribution in [3.05, 3.63) is 113 Å². The summed E-state index contributed by atoms with van der Waals surface area (Å²) in [7, 11) is -4.27. The van der Waals surface area contributed by atoms with Crippen molar-refractivity contribution in [2.75, 3.05) is 17.5 Å². The number of nitrogens with zero attached hydrogens (tertiary/aromatic N) is 1. The number of alkyl halides is 3. The Labute approximate surface area is 262 Å². The number of rotatable bonds is 10. The van der Waals surface area contributed by atoms with Crippen molar-refractivity contribution in [3.8, 4) is 16.9 Å². The fourth-order valence-electron chi connectivity index (χ4n) is 5.06. The number of carboxylic acids is 1. The number of carbonyl (C=O) groups excluding carboxylic acids is 1. The predicted molar refractivity (Wildman–Crippen MR) is 162 cm³/mol. The van der Waals surface area contributed by atoms with Crippen LogP contribution in [0, 0.1) is 0 Å². The summed E-state index contributed by atoms with van der Waals surface area (Å²) < 4.78 is 74.1. The van der Waals surface area contributed by atoms with Gasteiger partial charge in [0.05, 0.1) is 34.1 Å². The normalized spacial score (nSPS) is 14.6. The molecule has 45 heavy (non-hydrogen) atoms. The van der Waals surface area contributed by atoms with Gasteiger partial charge in [-0.15, -0.1) is 0 Å². The SMILES string of the molecule is O=C(O)Cc1ccc(OCCNC(=O)[C@@H]2Cc3ccccc3N2S(=O)(=O)c2ccc(-c3cccc(C(F)(F)F)c3)cc2)c(Cl)c1. The van der Waals surface area contributed by atoms with Crippen LogP contribution in [-0.4, -0.2) is 44.6 Å². The number of anilines is 1. The molecule has 0 bridgehead atoms. The van der Waals surface area contributed by atoms with Crippen LogP contribution in [0.15, 0.2) is 95.9 Å². The Morgan fingerprint density at radius 3 is 2.38 bits per heavy atom. The number of carboxylic acid groups (broad SMARTS) is 1. The molecule has 1 amide bonds. The second-order valence-electron chi connectivity index (χ2n) is 10.2. The molecular weight excluding hydrogens is 633 g/mol. The molecule has 0 aliphatic carbocycles. The molecule has 0 fully saturated rings. The number of carbonyl (C=O) groups is 2. The van der Waals surface area contributed by atoms with Crippen molar-refractivity contribution in [2.24, 2.45) is 0 Å². The standard InChI is InChI=1S/C32H26ClF3N2O6S/c33-26-16-20(17-30(39)40)8-13-29(26)44-15-14-37-31(41)28-19-23-4-1-2-7-27(23)38(28)45(42,43)25-11-9-21(10-12-25)22-5-3-6-24(18-22)32(34,35)36/h1-13,16,18,28H,14-15,17,19H2,(H,37,41)(H,39,40)/t28-/m0/s1. The third kappa shape index (κ3) is 7.07. The van der Waals surface area contributed by atoms with E-state index in [1.54, 1.807) is 30.3 Å². The molecule has 5 rings (SSSR count). The zero-order chi connectivity index (χ0) is 32.4. The topological polar surface area (TPSA) is 113 Å². The van der Waals surface area contributed by atoms with Gasteiger partial charge in [0.15, 0.2) is 0 Å². The van der Waals surface area contributed by atoms with E-state index in [1.807, 2.05) is 0 Å². The molecule has 8 nitrogen and oxygen atoms in total. The summed E-state index contributed by atoms with van der Waals surface area (Å²) in [5, 5.41) is 11.8. The first-order valence-electron chi connectivity index (χ1n) is 13.7. The largest absolute Gasteiger partial charge is 0.490 e. The average Bonchev–Trinajstić information content (AvgIpc) is 3.40. The summed E-state index contributed by atoms with van der Waals surface area (Å²) in [6.45, 7) is 0.0333. The van der Waals surface area contributed by atoms with Crippen LogP contribution in [0.3, 0.4) is 0 Å². The molecule has 4 aromatic rings. The maximum Gasteiger partial charge on any atom is 0.416 e. The highest BCUT2D eigenvalue weighted by molar-refractivity contribution is 7.93. The van der Waals surface area contributed by atoms with Gasteiger partial charge in [-0.1, -0.05) is 60.1 Å². The maximum absolute atomic E-state index is 13.9. The summed E-state index contributed by atoms with van der Waals surface area (Å²) in [5.41, 5.74) is 1.36. The molecule has 1 aliphatic heterocycles. The lowest BCUT2D eigenvalue weighted by molar-refractivity contribution is -0.138. The van der Waals surface area contributed by atoms with E-state index in [1.165, 1.54) is 48.5 Å². The number of hydrogen-bond donors (Lipinski definition) is 2. The van der Waals surface area contributed by atoms with Crippen LogP contribution in [0.1, 0.15) is 16.7 Å². The molecule has 0 radical (unpaired) electrons. The van der Waals surface area contributed by atoms with Gasteiger partial charge in [-0.05, 0) is 64.7 Å². The Morgan fingerprint density at radius 2 is 1.69 bits per heavy atom. The summed E-state index contributed by atoms with van der Waals surface area (Å²) >= 11 is 6.18. The van der Waals surface area contributed by atoms with Gasteiger partial charge in [0, 0.05) is 6.42 Å². The van der Waals surface area contributed by atoms with Crippen LogP contribution in [-0.2, 0) is 38.6 Å². The highest BCUT2D eigenvalue weighted by Gasteiger charge is 2.42. The van der Waals surface area contributed by atoms with Crippen LogP contribution >= 0.6 is 11.6 Å². The van der Waals surface area contributed by atoms with Crippen LogP contribution in [0.2, 0.25) is 5.02 Å². The minimum Gasteiger partial charge on any atom is -0.490 e. The van der Waals surface area contributed by atoms with Crippen molar-refractivity contribution < 1.29 is 41.0 Å². The van der Waals surface area contributed by atoms with Crippen molar-refractivity contribution in [1.29, 1.82) is 0 Å². The number of benzene rings is 4. The number of halogens is 4. The van der Waals surface area contributed by atoms with E-state index < -0.39 is 39.7 Å². The molecule has 0 spiro atoms. The van der Waals surface area contributed by atoms with Crippen molar-refractivity contribution in [1.82, 2.24) is 5.32 Å². The second kappa shape index (κ2) is 12.8. The molecule has 0 saturated carbocycles. The Balaban J connectivity index is 1.30. The second-order valence-corrected chi connectivity index (χ2v) is 12.4. The molecule has 0 aromatic heterocycles. The number of sulfonamides is 1. The lowest BCUT2D eigenvalue weighted by Gasteiger charge is -2.26. The van der Waals surface area contributed by atoms with Gasteiger partial charge < -0.3 is 15.2 Å². The number of aliphatic carboxylic acids is 1. The smallest absolute Gasteiger partial charge is 0.416 e. The number of hydrogen-bond acceptors (Lipinski definition) is 5. The third-order valence-electron chi connectivity index (χ3n) is 7.17. The zero-order valence-corrected chi connectivity index (χ0v) is 25.0. The Morgan fingerprint density at radius 1 is 0.956 bits per heavy atom. The van der Waals surface area contributed by atoms with E-state index in [-0.39, 0.29) is 41.5 Å². The molecule has 0 unspecified atom stereocenters. The van der Waals surface area contributed by atoms with E-state index in [9.17, 15) is 31.2 Å². The van der Waals surface area contributed by atoms with Gasteiger partial charge in [-0.25, -0.2) is 8.42 Å². The molecule has 2 N–H and O–H groups in total. The van der Waals surface area contributed by atoms with Gasteiger partial charge in [0.2, 0.25) is 5.91 Å². The predicted octanol–water partition coefficient (Wildman–Crippen LogP) is 5.97. The number of amides is 1. The highest BCUT2D eigenvalue weighted by Crippen LogP contribution is 2.38. The zero-order valence-electron chi connectivity index (χ0n) is 23.4. The fourth-order valence-corrected chi connectivity index (χ4v) is 6.97. The van der Waals surface area contributed by atoms with E-state index in [2.05, 4.69) is 5.32 Å². The van der Waals surface area contributed by atoms with Crippen molar-refractivity contribution in [2.45, 2.75) is 30.0 Å². The summed E-state index contributed by atoms with van der Waals surface area (Å²) in [6.07, 6.45) is -4.59. The first-order valence-corrected chi connectivity index (χ1v) is 15.5. The molecule has 4 aromatic carbocycles. The lowest BCUT2D eigenvalue weighted by Crippen LogP contribution is -2.48. The minimum atomic E-state index is -4.52. The van der Waals surface area contributed by atoms with Gasteiger partial charge in [0.1, 0.15) is 18.4 Å². The van der Waals surface area contributed by atoms with Crippen LogP contribution in [0.25, 0.3) is 11.1 Å². The summed E-state index contributed by atoms with van der Waals surface area (Å²) in [4.78, 5) is 24.1. The first-order chi connectivity index (χ1) is 21.3. The maximum atomic E-state index is 13.9. The lowest BCUT2D eigenvalue weighted by atomic mass is 10.0. The fraction of sp³-hybridized carbons (Fsp3) is 0.188. The van der Waals surface area contributed by atoms with Crippen LogP contribution < -0.4 is 14.4 Å². The van der Waals surface area contributed by atoms with E-state index in [4.69, 9.17) is 21.4 Å². The van der Waals surface area contributed by atoms with E-state index >= 15 is 0 Å².